The van der Waals surface area contributed by atoms with Crippen LogP contribution in [0.15, 0.2) is 64.6 Å². The molecule has 0 saturated carbocycles. The molecule has 0 aliphatic heterocycles. The molecule has 3 rings (SSSR count). The van der Waals surface area contributed by atoms with Gasteiger partial charge >= 0.3 is 0 Å². The van der Waals surface area contributed by atoms with Crippen molar-refractivity contribution in [1.82, 2.24) is 0 Å². The van der Waals surface area contributed by atoms with Crippen molar-refractivity contribution in [3.05, 3.63) is 98.0 Å². The molecule has 0 unspecified atom stereocenters. The molecule has 0 radical (unpaired) electrons. The molecule has 5 heteroatoms. The number of ether oxygens (including phenoxy) is 1. The van der Waals surface area contributed by atoms with Gasteiger partial charge in [0.25, 0.3) is 5.91 Å². The predicted molar refractivity (Wildman–Crippen MR) is 133 cm³/mol. The number of amides is 1. The standard InChI is InChI=1S/C27H25BrN2O2/c1-17-5-6-20(4)25(12-17)30-27(31)23(15-29)13-22-14-24(28)7-8-26(22)32-16-21-10-18(2)9-19(3)11-21/h5-14H,16H2,1-4H3,(H,30,31)/b23-13+. The lowest BCUT2D eigenvalue weighted by atomic mass is 10.1. The summed E-state index contributed by atoms with van der Waals surface area (Å²) in [5.74, 6) is 0.140. The van der Waals surface area contributed by atoms with Gasteiger partial charge < -0.3 is 10.1 Å². The second-order valence-corrected chi connectivity index (χ2v) is 8.82. The van der Waals surface area contributed by atoms with Crippen molar-refractivity contribution in [2.24, 2.45) is 0 Å². The molecule has 0 fully saturated rings. The van der Waals surface area contributed by atoms with Gasteiger partial charge in [-0.2, -0.15) is 5.26 Å². The molecular formula is C27H25BrN2O2. The Morgan fingerprint density at radius 1 is 1.00 bits per heavy atom. The van der Waals surface area contributed by atoms with Gasteiger partial charge in [-0.25, -0.2) is 0 Å². The van der Waals surface area contributed by atoms with Gasteiger partial charge in [0.1, 0.15) is 24.0 Å². The van der Waals surface area contributed by atoms with Crippen LogP contribution in [-0.2, 0) is 11.4 Å². The minimum atomic E-state index is -0.457. The van der Waals surface area contributed by atoms with Gasteiger partial charge in [0.15, 0.2) is 0 Å². The molecule has 0 spiro atoms. The summed E-state index contributed by atoms with van der Waals surface area (Å²) in [5.41, 5.74) is 6.72. The molecule has 0 saturated heterocycles. The number of nitrogens with zero attached hydrogens (tertiary/aromatic N) is 1. The summed E-state index contributed by atoms with van der Waals surface area (Å²) < 4.78 is 6.89. The van der Waals surface area contributed by atoms with Crippen LogP contribution in [0.5, 0.6) is 5.75 Å². The minimum absolute atomic E-state index is 0.000237. The first-order valence-corrected chi connectivity index (χ1v) is 11.0. The van der Waals surface area contributed by atoms with Gasteiger partial charge in [-0.3, -0.25) is 4.79 Å². The number of nitriles is 1. The number of nitrogens with one attached hydrogen (secondary N) is 1. The lowest BCUT2D eigenvalue weighted by molar-refractivity contribution is -0.112. The quantitative estimate of drug-likeness (QED) is 0.306. The fraction of sp³-hybridized carbons (Fsp3) is 0.185. The van der Waals surface area contributed by atoms with E-state index in [-0.39, 0.29) is 5.57 Å². The fourth-order valence-corrected chi connectivity index (χ4v) is 3.82. The Morgan fingerprint density at radius 2 is 1.72 bits per heavy atom. The molecule has 0 aliphatic carbocycles. The van der Waals surface area contributed by atoms with E-state index in [1.807, 2.05) is 56.3 Å². The number of rotatable bonds is 6. The van der Waals surface area contributed by atoms with Crippen LogP contribution in [0.1, 0.15) is 33.4 Å². The third-order valence-electron chi connectivity index (χ3n) is 4.95. The molecule has 3 aromatic rings. The van der Waals surface area contributed by atoms with Crippen LogP contribution < -0.4 is 10.1 Å². The Balaban J connectivity index is 1.86. The highest BCUT2D eigenvalue weighted by Gasteiger charge is 2.13. The van der Waals surface area contributed by atoms with Crippen molar-refractivity contribution in [3.63, 3.8) is 0 Å². The van der Waals surface area contributed by atoms with Crippen LogP contribution in [0.3, 0.4) is 0 Å². The van der Waals surface area contributed by atoms with Crippen molar-refractivity contribution >= 4 is 33.6 Å². The highest BCUT2D eigenvalue weighted by atomic mass is 79.9. The summed E-state index contributed by atoms with van der Waals surface area (Å²) in [6, 6.07) is 19.6. The summed E-state index contributed by atoms with van der Waals surface area (Å²) in [4.78, 5) is 12.8. The van der Waals surface area contributed by atoms with Gasteiger partial charge in [-0.05, 0) is 74.7 Å². The predicted octanol–water partition coefficient (Wildman–Crippen LogP) is 6.81. The van der Waals surface area contributed by atoms with Crippen molar-refractivity contribution in [2.45, 2.75) is 34.3 Å². The molecule has 0 heterocycles. The van der Waals surface area contributed by atoms with Gasteiger partial charge in [0, 0.05) is 15.7 Å². The second-order valence-electron chi connectivity index (χ2n) is 7.91. The molecule has 1 N–H and O–H groups in total. The van der Waals surface area contributed by atoms with Crippen LogP contribution in [-0.4, -0.2) is 5.91 Å². The number of hydrogen-bond donors (Lipinski definition) is 1. The maximum atomic E-state index is 12.8. The van der Waals surface area contributed by atoms with Gasteiger partial charge in [-0.1, -0.05) is 57.4 Å². The zero-order valence-corrected chi connectivity index (χ0v) is 20.2. The van der Waals surface area contributed by atoms with E-state index in [2.05, 4.69) is 53.3 Å². The summed E-state index contributed by atoms with van der Waals surface area (Å²) >= 11 is 3.46. The Morgan fingerprint density at radius 3 is 2.41 bits per heavy atom. The van der Waals surface area contributed by atoms with E-state index in [1.165, 1.54) is 11.1 Å². The van der Waals surface area contributed by atoms with Gasteiger partial charge in [-0.15, -0.1) is 0 Å². The number of carbonyl (C=O) groups is 1. The Bertz CT molecular complexity index is 1220. The lowest BCUT2D eigenvalue weighted by Crippen LogP contribution is -2.14. The molecule has 0 atom stereocenters. The Kier molecular flexibility index (Phi) is 7.50. The van der Waals surface area contributed by atoms with Gasteiger partial charge in [0.2, 0.25) is 0 Å². The van der Waals surface area contributed by atoms with Crippen molar-refractivity contribution < 1.29 is 9.53 Å². The summed E-state index contributed by atoms with van der Waals surface area (Å²) in [6.07, 6.45) is 1.56. The third kappa shape index (κ3) is 6.09. The fourth-order valence-electron chi connectivity index (χ4n) is 3.44. The molecule has 0 bridgehead atoms. The molecule has 0 aromatic heterocycles. The van der Waals surface area contributed by atoms with E-state index >= 15 is 0 Å². The zero-order chi connectivity index (χ0) is 23.3. The van der Waals surface area contributed by atoms with Gasteiger partial charge in [0.05, 0.1) is 0 Å². The second kappa shape index (κ2) is 10.3. The van der Waals surface area contributed by atoms with E-state index in [4.69, 9.17) is 4.74 Å². The number of halogens is 1. The van der Waals surface area contributed by atoms with E-state index in [0.29, 0.717) is 23.6 Å². The average Bonchev–Trinajstić information content (AvgIpc) is 2.73. The lowest BCUT2D eigenvalue weighted by Gasteiger charge is -2.12. The highest BCUT2D eigenvalue weighted by Crippen LogP contribution is 2.27. The van der Waals surface area contributed by atoms with E-state index in [1.54, 1.807) is 6.08 Å². The molecule has 3 aromatic carbocycles. The average molecular weight is 489 g/mol. The minimum Gasteiger partial charge on any atom is -0.488 e. The number of anilines is 1. The Hall–Kier alpha value is -3.36. The number of aryl methyl sites for hydroxylation is 4. The zero-order valence-electron chi connectivity index (χ0n) is 18.6. The largest absolute Gasteiger partial charge is 0.488 e. The Labute approximate surface area is 197 Å². The van der Waals surface area contributed by atoms with Crippen LogP contribution in [0, 0.1) is 39.0 Å². The SMILES string of the molecule is Cc1cc(C)cc(COc2ccc(Br)cc2/C=C(\C#N)C(=O)Nc2cc(C)ccc2C)c1. The number of benzene rings is 3. The number of hydrogen-bond acceptors (Lipinski definition) is 3. The van der Waals surface area contributed by atoms with Crippen LogP contribution in [0.2, 0.25) is 0 Å². The molecule has 162 valence electrons. The first-order valence-electron chi connectivity index (χ1n) is 10.2. The third-order valence-corrected chi connectivity index (χ3v) is 5.45. The van der Waals surface area contributed by atoms with Crippen molar-refractivity contribution in [2.75, 3.05) is 5.32 Å². The summed E-state index contributed by atoms with van der Waals surface area (Å²) in [7, 11) is 0. The normalized spacial score (nSPS) is 11.1. The van der Waals surface area contributed by atoms with Crippen molar-refractivity contribution in [1.29, 1.82) is 5.26 Å². The topological polar surface area (TPSA) is 62.1 Å². The van der Waals surface area contributed by atoms with E-state index in [9.17, 15) is 10.1 Å². The van der Waals surface area contributed by atoms with Crippen molar-refractivity contribution in [3.8, 4) is 11.8 Å². The molecule has 0 aliphatic rings. The molecule has 1 amide bonds. The smallest absolute Gasteiger partial charge is 0.266 e. The molecule has 4 nitrogen and oxygen atoms in total. The monoisotopic (exact) mass is 488 g/mol. The van der Waals surface area contributed by atoms with Crippen LogP contribution in [0.25, 0.3) is 6.08 Å². The maximum Gasteiger partial charge on any atom is 0.266 e. The maximum absolute atomic E-state index is 12.8. The van der Waals surface area contributed by atoms with E-state index in [0.717, 1.165) is 21.2 Å². The first kappa shape index (κ1) is 23.3. The molecule has 32 heavy (non-hydrogen) atoms. The summed E-state index contributed by atoms with van der Waals surface area (Å²) in [6.45, 7) is 8.37. The van der Waals surface area contributed by atoms with E-state index < -0.39 is 5.91 Å². The highest BCUT2D eigenvalue weighted by molar-refractivity contribution is 9.10. The molecular weight excluding hydrogens is 464 g/mol. The van der Waals surface area contributed by atoms with Crippen LogP contribution >= 0.6 is 15.9 Å². The first-order chi connectivity index (χ1) is 15.2. The number of carbonyl (C=O) groups excluding carboxylic acids is 1. The summed E-state index contributed by atoms with van der Waals surface area (Å²) in [5, 5.41) is 12.5. The van der Waals surface area contributed by atoms with Crippen LogP contribution in [0.4, 0.5) is 5.69 Å².